The first-order valence-corrected chi connectivity index (χ1v) is 10.7. The molecular weight excluding hydrogens is 619 g/mol. The summed E-state index contributed by atoms with van der Waals surface area (Å²) in [6.07, 6.45) is -58.4. The maximum absolute atomic E-state index is 13.5. The normalized spacial score (nSPS) is 16.0. The molecule has 0 aliphatic carbocycles. The summed E-state index contributed by atoms with van der Waals surface area (Å²) in [5, 5.41) is 7.59. The van der Waals surface area contributed by atoms with E-state index in [1.54, 1.807) is 4.74 Å². The molecule has 0 radical (unpaired) electrons. The smallest absolute Gasteiger partial charge is 0.329 e. The second-order valence-corrected chi connectivity index (χ2v) is 7.90. The number of halogens is 17. The van der Waals surface area contributed by atoms with Crippen LogP contribution in [0.4, 0.5) is 74.6 Å². The summed E-state index contributed by atoms with van der Waals surface area (Å²) in [7, 11) is 0. The first-order chi connectivity index (χ1) is 17.6. The minimum absolute atomic E-state index is 0.165. The minimum atomic E-state index is -7.58. The maximum Gasteiger partial charge on any atom is 0.453 e. The zero-order chi connectivity index (χ0) is 32.1. The number of hydrogen-bond acceptors (Lipinski definition) is 5. The Balaban J connectivity index is 5.45. The minimum Gasteiger partial charge on any atom is -0.329 e. The van der Waals surface area contributed by atoms with Gasteiger partial charge in [-0.3, -0.25) is 4.74 Å². The van der Waals surface area contributed by atoms with Crippen LogP contribution in [0.3, 0.4) is 0 Å². The molecule has 5 nitrogen and oxygen atoms in total. The molecule has 0 aliphatic heterocycles. The topological polar surface area (TPSA) is 57.2 Å². The van der Waals surface area contributed by atoms with Gasteiger partial charge >= 0.3 is 48.9 Å². The third kappa shape index (κ3) is 10.5. The van der Waals surface area contributed by atoms with E-state index in [9.17, 15) is 74.6 Å². The Morgan fingerprint density at radius 2 is 0.775 bits per heavy atom. The highest BCUT2D eigenvalue weighted by atomic mass is 19.4. The van der Waals surface area contributed by atoms with Gasteiger partial charge < -0.3 is 5.11 Å². The van der Waals surface area contributed by atoms with Gasteiger partial charge in [0.2, 0.25) is 6.36 Å². The van der Waals surface area contributed by atoms with Crippen molar-refractivity contribution in [3.8, 4) is 0 Å². The summed E-state index contributed by atoms with van der Waals surface area (Å²) in [6, 6.07) is 0. The highest BCUT2D eigenvalue weighted by molar-refractivity contribution is 4.80. The fourth-order valence-corrected chi connectivity index (χ4v) is 2.39. The van der Waals surface area contributed by atoms with Crippen molar-refractivity contribution >= 4 is 0 Å². The molecule has 0 rings (SSSR count). The van der Waals surface area contributed by atoms with E-state index in [0.717, 1.165) is 19.3 Å². The summed E-state index contributed by atoms with van der Waals surface area (Å²) < 4.78 is 230. The van der Waals surface area contributed by atoms with Gasteiger partial charge in [0.05, 0.1) is 0 Å². The van der Waals surface area contributed by atoms with Crippen molar-refractivity contribution < 1.29 is 98.7 Å². The first kappa shape index (κ1) is 38.6. The van der Waals surface area contributed by atoms with Gasteiger partial charge in [0, 0.05) is 6.42 Å². The van der Waals surface area contributed by atoms with Gasteiger partial charge in [0.25, 0.3) is 0 Å². The Morgan fingerprint density at radius 3 is 1.12 bits per heavy atom. The van der Waals surface area contributed by atoms with Crippen LogP contribution in [0.1, 0.15) is 58.3 Å². The Labute approximate surface area is 213 Å². The van der Waals surface area contributed by atoms with Crippen LogP contribution >= 0.6 is 0 Å². The number of alkyl halides is 17. The van der Waals surface area contributed by atoms with E-state index in [1.165, 1.54) is 9.47 Å². The lowest BCUT2D eigenvalue weighted by molar-refractivity contribution is -0.580. The highest BCUT2D eigenvalue weighted by Crippen LogP contribution is 2.51. The number of unbranched alkanes of at least 4 members (excludes halogenated alkanes) is 6. The van der Waals surface area contributed by atoms with E-state index >= 15 is 0 Å². The Kier molecular flexibility index (Phi) is 12.8. The number of aliphatic hydroxyl groups is 1. The standard InChI is InChI=1S/C18H21F17O5/c1-2-3-4-5-6-7-8-9-10(19)37-13(24,25)14(26,27)39-17(32,33)18(34,35)40-16(30,31)15(28,29)38-12(22,23)11(20,21)36/h10,36H,2-9H2,1H3. The van der Waals surface area contributed by atoms with Gasteiger partial charge in [-0.25, -0.2) is 18.6 Å². The van der Waals surface area contributed by atoms with Crippen LogP contribution in [0.15, 0.2) is 0 Å². The molecule has 22 heteroatoms. The molecule has 242 valence electrons. The molecule has 0 spiro atoms. The molecule has 0 bridgehead atoms. The molecule has 1 N–H and O–H groups in total. The predicted molar refractivity (Wildman–Crippen MR) is 93.6 cm³/mol. The van der Waals surface area contributed by atoms with Crippen LogP contribution < -0.4 is 0 Å². The quantitative estimate of drug-likeness (QED) is 0.107. The van der Waals surface area contributed by atoms with Crippen LogP contribution in [0.2, 0.25) is 0 Å². The zero-order valence-electron chi connectivity index (χ0n) is 19.7. The van der Waals surface area contributed by atoms with Gasteiger partial charge in [-0.2, -0.15) is 70.2 Å². The molecule has 1 unspecified atom stereocenters. The Morgan fingerprint density at radius 1 is 0.475 bits per heavy atom. The maximum atomic E-state index is 13.5. The van der Waals surface area contributed by atoms with Crippen LogP contribution in [0, 0.1) is 0 Å². The molecular formula is C18H21F17O5. The third-order valence-electron chi connectivity index (χ3n) is 4.45. The van der Waals surface area contributed by atoms with Gasteiger partial charge in [-0.05, 0) is 6.42 Å². The Bertz CT molecular complexity index is 772. The molecule has 0 saturated heterocycles. The van der Waals surface area contributed by atoms with Gasteiger partial charge in [-0.1, -0.05) is 45.4 Å². The van der Waals surface area contributed by atoms with Crippen LogP contribution in [0.5, 0.6) is 0 Å². The van der Waals surface area contributed by atoms with E-state index in [-0.39, 0.29) is 12.8 Å². The summed E-state index contributed by atoms with van der Waals surface area (Å²) in [5.41, 5.74) is 0. The van der Waals surface area contributed by atoms with Gasteiger partial charge in [0.1, 0.15) is 0 Å². The molecule has 0 saturated carbocycles. The van der Waals surface area contributed by atoms with Gasteiger partial charge in [-0.15, -0.1) is 0 Å². The first-order valence-electron chi connectivity index (χ1n) is 10.7. The molecule has 0 aromatic rings. The van der Waals surface area contributed by atoms with Crippen molar-refractivity contribution in [1.82, 2.24) is 0 Å². The van der Waals surface area contributed by atoms with E-state index in [2.05, 4.69) is 4.74 Å². The third-order valence-corrected chi connectivity index (χ3v) is 4.45. The molecule has 0 aliphatic rings. The van der Waals surface area contributed by atoms with E-state index in [4.69, 9.17) is 5.11 Å². The fourth-order valence-electron chi connectivity index (χ4n) is 2.39. The summed E-state index contributed by atoms with van der Waals surface area (Å²) in [4.78, 5) is 0. The van der Waals surface area contributed by atoms with Crippen molar-refractivity contribution in [2.45, 2.75) is 114 Å². The van der Waals surface area contributed by atoms with E-state index in [0.29, 0.717) is 12.8 Å². The van der Waals surface area contributed by atoms with Gasteiger partial charge in [0.15, 0.2) is 0 Å². The SMILES string of the molecule is CCCCCCCCCC(F)OC(F)(F)C(F)(F)OC(F)(F)C(F)(F)OC(F)(F)C(F)(F)OC(F)(F)C(O)(F)F. The molecule has 0 heterocycles. The van der Waals surface area contributed by atoms with Crippen molar-refractivity contribution in [3.63, 3.8) is 0 Å². The number of hydrogen-bond donors (Lipinski definition) is 1. The summed E-state index contributed by atoms with van der Waals surface area (Å²) in [5.74, 6) is 0. The lowest BCUT2D eigenvalue weighted by Gasteiger charge is -2.35. The van der Waals surface area contributed by atoms with E-state index < -0.39 is 61.6 Å². The van der Waals surface area contributed by atoms with Crippen molar-refractivity contribution in [3.05, 3.63) is 0 Å². The molecule has 1 atom stereocenters. The van der Waals surface area contributed by atoms with Crippen LogP contribution in [0.25, 0.3) is 0 Å². The summed E-state index contributed by atoms with van der Waals surface area (Å²) >= 11 is 0. The predicted octanol–water partition coefficient (Wildman–Crippen LogP) is 8.22. The van der Waals surface area contributed by atoms with Crippen molar-refractivity contribution in [1.29, 1.82) is 0 Å². The fraction of sp³-hybridized carbons (Fsp3) is 1.00. The second-order valence-electron chi connectivity index (χ2n) is 7.90. The number of rotatable bonds is 20. The lowest BCUT2D eigenvalue weighted by atomic mass is 10.1. The number of ether oxygens (including phenoxy) is 4. The average molecular weight is 640 g/mol. The van der Waals surface area contributed by atoms with E-state index in [1.807, 2.05) is 6.92 Å². The molecule has 40 heavy (non-hydrogen) atoms. The highest BCUT2D eigenvalue weighted by Gasteiger charge is 2.77. The second kappa shape index (κ2) is 13.3. The zero-order valence-corrected chi connectivity index (χ0v) is 19.7. The molecule has 0 amide bonds. The van der Waals surface area contributed by atoms with Crippen molar-refractivity contribution in [2.75, 3.05) is 0 Å². The largest absolute Gasteiger partial charge is 0.453 e. The van der Waals surface area contributed by atoms with Crippen LogP contribution in [-0.2, 0) is 18.9 Å². The lowest BCUT2D eigenvalue weighted by Crippen LogP contribution is -2.60. The van der Waals surface area contributed by atoms with Crippen molar-refractivity contribution in [2.24, 2.45) is 0 Å². The molecule has 0 fully saturated rings. The monoisotopic (exact) mass is 640 g/mol. The van der Waals surface area contributed by atoms with Crippen LogP contribution in [-0.4, -0.2) is 60.3 Å². The summed E-state index contributed by atoms with van der Waals surface area (Å²) in [6.45, 7) is 1.88. The Hall–Kier alpha value is -1.39. The average Bonchev–Trinajstić information content (AvgIpc) is 2.69. The molecule has 0 aromatic carbocycles. The molecule has 0 aromatic heterocycles.